The molecule has 0 spiro atoms. The lowest BCUT2D eigenvalue weighted by Crippen LogP contribution is -2.15. The van der Waals surface area contributed by atoms with E-state index in [0.717, 1.165) is 26.8 Å². The number of thiophene rings is 1. The molecule has 1 aromatic heterocycles. The Balaban J connectivity index is 2.08. The van der Waals surface area contributed by atoms with Gasteiger partial charge in [0.2, 0.25) is 0 Å². The van der Waals surface area contributed by atoms with Crippen LogP contribution in [0.5, 0.6) is 11.5 Å². The lowest BCUT2D eigenvalue weighted by Gasteiger charge is -2.20. The van der Waals surface area contributed by atoms with Gasteiger partial charge in [0.25, 0.3) is 0 Å². The molecule has 0 saturated carbocycles. The minimum absolute atomic E-state index is 0.0909. The first kappa shape index (κ1) is 11.3. The number of benzene rings is 1. The third kappa shape index (κ3) is 1.88. The number of ketones is 1. The van der Waals surface area contributed by atoms with Gasteiger partial charge in [-0.1, -0.05) is 6.07 Å². The number of Topliss-reactive ketones (excluding diaryl/α,β-unsaturated/α-hetero) is 1. The first-order valence-electron chi connectivity index (χ1n) is 5.75. The maximum Gasteiger partial charge on any atom is 0.169 e. The number of ether oxygens (including phenoxy) is 2. The topological polar surface area (TPSA) is 35.5 Å². The Morgan fingerprint density at radius 3 is 2.78 bits per heavy atom. The molecular weight excluding hydrogens is 248 g/mol. The van der Waals surface area contributed by atoms with E-state index in [2.05, 4.69) is 0 Å². The van der Waals surface area contributed by atoms with Crippen LogP contribution >= 0.6 is 11.3 Å². The van der Waals surface area contributed by atoms with Crippen molar-refractivity contribution in [3.05, 3.63) is 35.2 Å². The lowest BCUT2D eigenvalue weighted by atomic mass is 10.1. The molecule has 2 heterocycles. The van der Waals surface area contributed by atoms with Crippen molar-refractivity contribution in [2.75, 3.05) is 13.2 Å². The summed E-state index contributed by atoms with van der Waals surface area (Å²) in [5, 5.41) is 0. The van der Waals surface area contributed by atoms with Crippen LogP contribution in [0.1, 0.15) is 16.6 Å². The predicted octanol–water partition coefficient (Wildman–Crippen LogP) is 3.39. The van der Waals surface area contributed by atoms with E-state index in [-0.39, 0.29) is 5.78 Å². The fourth-order valence-corrected chi connectivity index (χ4v) is 2.86. The summed E-state index contributed by atoms with van der Waals surface area (Å²) < 4.78 is 11.2. The van der Waals surface area contributed by atoms with Crippen LogP contribution in [0.3, 0.4) is 0 Å². The minimum Gasteiger partial charge on any atom is -0.486 e. The van der Waals surface area contributed by atoms with Gasteiger partial charge < -0.3 is 9.47 Å². The van der Waals surface area contributed by atoms with Crippen LogP contribution in [0.25, 0.3) is 10.4 Å². The van der Waals surface area contributed by atoms with Crippen LogP contribution in [0, 0.1) is 0 Å². The van der Waals surface area contributed by atoms with E-state index in [9.17, 15) is 4.79 Å². The average Bonchev–Trinajstić information content (AvgIpc) is 2.87. The molecule has 0 bridgehead atoms. The number of hydrogen-bond donors (Lipinski definition) is 0. The first-order valence-corrected chi connectivity index (χ1v) is 6.57. The number of carbonyl (C=O) groups is 1. The molecule has 0 N–H and O–H groups in total. The van der Waals surface area contributed by atoms with Crippen molar-refractivity contribution in [2.24, 2.45) is 0 Å². The fraction of sp³-hybridized carbons (Fsp3) is 0.214. The van der Waals surface area contributed by atoms with Crippen LogP contribution in [0.2, 0.25) is 0 Å². The molecule has 18 heavy (non-hydrogen) atoms. The molecule has 1 aliphatic rings. The van der Waals surface area contributed by atoms with Gasteiger partial charge in [-0.15, -0.1) is 11.3 Å². The molecule has 1 aromatic carbocycles. The molecule has 1 aliphatic heterocycles. The van der Waals surface area contributed by atoms with E-state index in [1.165, 1.54) is 11.3 Å². The summed E-state index contributed by atoms with van der Waals surface area (Å²) in [6, 6.07) is 9.64. The van der Waals surface area contributed by atoms with E-state index >= 15 is 0 Å². The van der Waals surface area contributed by atoms with Gasteiger partial charge in [0.1, 0.15) is 13.2 Å². The van der Waals surface area contributed by atoms with Crippen molar-refractivity contribution in [3.8, 4) is 21.9 Å². The van der Waals surface area contributed by atoms with Gasteiger partial charge in [-0.05, 0) is 31.2 Å². The summed E-state index contributed by atoms with van der Waals surface area (Å²) in [5.74, 6) is 1.64. The third-order valence-corrected chi connectivity index (χ3v) is 4.00. The highest BCUT2D eigenvalue weighted by Gasteiger charge is 2.18. The van der Waals surface area contributed by atoms with E-state index in [4.69, 9.17) is 9.47 Å². The van der Waals surface area contributed by atoms with Crippen molar-refractivity contribution in [1.29, 1.82) is 0 Å². The van der Waals surface area contributed by atoms with Crippen LogP contribution < -0.4 is 9.47 Å². The molecule has 2 aromatic rings. The molecule has 4 heteroatoms. The van der Waals surface area contributed by atoms with Crippen LogP contribution in [0.15, 0.2) is 30.3 Å². The zero-order chi connectivity index (χ0) is 12.5. The largest absolute Gasteiger partial charge is 0.486 e. The maximum absolute atomic E-state index is 11.3. The SMILES string of the molecule is CC(=O)c1ccc(-c2cccc3c2OCCO3)s1. The number of hydrogen-bond acceptors (Lipinski definition) is 4. The van der Waals surface area contributed by atoms with Gasteiger partial charge in [0.05, 0.1) is 4.88 Å². The normalized spacial score (nSPS) is 13.4. The maximum atomic E-state index is 11.3. The van der Waals surface area contributed by atoms with E-state index in [1.54, 1.807) is 6.92 Å². The van der Waals surface area contributed by atoms with Crippen molar-refractivity contribution in [3.63, 3.8) is 0 Å². The van der Waals surface area contributed by atoms with Crippen molar-refractivity contribution in [1.82, 2.24) is 0 Å². The summed E-state index contributed by atoms with van der Waals surface area (Å²) in [6.07, 6.45) is 0. The molecular formula is C14H12O3S. The van der Waals surface area contributed by atoms with Gasteiger partial charge in [0.15, 0.2) is 17.3 Å². The van der Waals surface area contributed by atoms with Gasteiger partial charge in [-0.25, -0.2) is 0 Å². The van der Waals surface area contributed by atoms with Crippen molar-refractivity contribution >= 4 is 17.1 Å². The Hall–Kier alpha value is -1.81. The molecule has 0 aliphatic carbocycles. The quantitative estimate of drug-likeness (QED) is 0.776. The Morgan fingerprint density at radius 1 is 1.17 bits per heavy atom. The molecule has 0 amide bonds. The summed E-state index contributed by atoms with van der Waals surface area (Å²) >= 11 is 1.48. The molecule has 0 atom stereocenters. The van der Waals surface area contributed by atoms with E-state index in [0.29, 0.717) is 13.2 Å². The number of rotatable bonds is 2. The highest BCUT2D eigenvalue weighted by molar-refractivity contribution is 7.17. The van der Waals surface area contributed by atoms with Gasteiger partial charge >= 0.3 is 0 Å². The monoisotopic (exact) mass is 260 g/mol. The molecule has 0 radical (unpaired) electrons. The Kier molecular flexibility index (Phi) is 2.80. The smallest absolute Gasteiger partial charge is 0.169 e. The first-order chi connectivity index (χ1) is 8.75. The standard InChI is InChI=1S/C14H12O3S/c1-9(15)12-5-6-13(18-12)10-3-2-4-11-14(10)17-8-7-16-11/h2-6H,7-8H2,1H3. The fourth-order valence-electron chi connectivity index (χ4n) is 1.94. The lowest BCUT2D eigenvalue weighted by molar-refractivity contribution is 0.102. The second kappa shape index (κ2) is 4.46. The van der Waals surface area contributed by atoms with Gasteiger partial charge in [-0.3, -0.25) is 4.79 Å². The molecule has 0 fully saturated rings. The van der Waals surface area contributed by atoms with Crippen molar-refractivity contribution < 1.29 is 14.3 Å². The number of carbonyl (C=O) groups excluding carboxylic acids is 1. The molecule has 0 saturated heterocycles. The minimum atomic E-state index is 0.0909. The molecule has 0 unspecified atom stereocenters. The van der Waals surface area contributed by atoms with Crippen LogP contribution in [-0.2, 0) is 0 Å². The van der Waals surface area contributed by atoms with Gasteiger partial charge in [0, 0.05) is 10.4 Å². The zero-order valence-electron chi connectivity index (χ0n) is 9.93. The number of para-hydroxylation sites is 1. The van der Waals surface area contributed by atoms with E-state index in [1.807, 2.05) is 30.3 Å². The summed E-state index contributed by atoms with van der Waals surface area (Å²) in [5.41, 5.74) is 0.990. The number of fused-ring (bicyclic) bond motifs is 1. The van der Waals surface area contributed by atoms with E-state index < -0.39 is 0 Å². The van der Waals surface area contributed by atoms with Crippen LogP contribution in [0.4, 0.5) is 0 Å². The summed E-state index contributed by atoms with van der Waals surface area (Å²) in [7, 11) is 0. The average molecular weight is 260 g/mol. The highest BCUT2D eigenvalue weighted by atomic mass is 32.1. The van der Waals surface area contributed by atoms with Crippen LogP contribution in [-0.4, -0.2) is 19.0 Å². The Labute approximate surface area is 109 Å². The second-order valence-corrected chi connectivity index (χ2v) is 5.13. The third-order valence-electron chi connectivity index (χ3n) is 2.78. The Bertz CT molecular complexity index is 601. The zero-order valence-corrected chi connectivity index (χ0v) is 10.8. The molecule has 3 rings (SSSR count). The predicted molar refractivity (Wildman–Crippen MR) is 70.7 cm³/mol. The second-order valence-electron chi connectivity index (χ2n) is 4.05. The van der Waals surface area contributed by atoms with Crippen molar-refractivity contribution in [2.45, 2.75) is 6.92 Å². The molecule has 92 valence electrons. The highest BCUT2D eigenvalue weighted by Crippen LogP contribution is 2.42. The Morgan fingerprint density at radius 2 is 2.00 bits per heavy atom. The summed E-state index contributed by atoms with van der Waals surface area (Å²) in [4.78, 5) is 13.1. The molecule has 3 nitrogen and oxygen atoms in total. The van der Waals surface area contributed by atoms with Gasteiger partial charge in [-0.2, -0.15) is 0 Å². The summed E-state index contributed by atoms with van der Waals surface area (Å²) in [6.45, 7) is 2.73.